The molecule has 0 saturated heterocycles. The maximum atomic E-state index is 5.86. The van der Waals surface area contributed by atoms with Gasteiger partial charge in [0.1, 0.15) is 17.4 Å². The third kappa shape index (κ3) is 3.68. The van der Waals surface area contributed by atoms with Crippen molar-refractivity contribution in [2.45, 2.75) is 32.9 Å². The van der Waals surface area contributed by atoms with Gasteiger partial charge in [-0.05, 0) is 20.8 Å². The van der Waals surface area contributed by atoms with Crippen molar-refractivity contribution in [1.29, 1.82) is 0 Å². The molecule has 1 atom stereocenters. The molecule has 0 amide bonds. The molecule has 0 bridgehead atoms. The second kappa shape index (κ2) is 8.06. The first-order valence-electron chi connectivity index (χ1n) is 9.70. The Morgan fingerprint density at radius 2 is 1.73 bits per heavy atom. The van der Waals surface area contributed by atoms with E-state index >= 15 is 0 Å². The third-order valence-corrected chi connectivity index (χ3v) is 4.75. The lowest BCUT2D eigenvalue weighted by molar-refractivity contribution is 0.117. The molecule has 30 heavy (non-hydrogen) atoms. The van der Waals surface area contributed by atoms with Crippen molar-refractivity contribution in [2.24, 2.45) is 0 Å². The van der Waals surface area contributed by atoms with Gasteiger partial charge in [0.15, 0.2) is 22.9 Å². The zero-order valence-corrected chi connectivity index (χ0v) is 17.1. The van der Waals surface area contributed by atoms with E-state index in [0.717, 1.165) is 11.2 Å². The SMILES string of the molecule is CC(C)n1cnc2c(NCCOCC(C)n3cnc4c(N)nc(N)nc43)ncnc21. The van der Waals surface area contributed by atoms with Crippen LogP contribution in [0.25, 0.3) is 22.3 Å². The van der Waals surface area contributed by atoms with Gasteiger partial charge in [-0.1, -0.05) is 0 Å². The number of anilines is 3. The van der Waals surface area contributed by atoms with E-state index in [4.69, 9.17) is 16.2 Å². The molecule has 0 spiro atoms. The van der Waals surface area contributed by atoms with E-state index in [-0.39, 0.29) is 23.8 Å². The molecule has 5 N–H and O–H groups in total. The van der Waals surface area contributed by atoms with Gasteiger partial charge in [0.25, 0.3) is 0 Å². The highest BCUT2D eigenvalue weighted by Crippen LogP contribution is 2.21. The van der Waals surface area contributed by atoms with Crippen LogP contribution in [0.15, 0.2) is 19.0 Å². The average Bonchev–Trinajstić information content (AvgIpc) is 3.32. The van der Waals surface area contributed by atoms with Crippen molar-refractivity contribution >= 4 is 39.9 Å². The molecular formula is C18H25N11O. The normalized spacial score (nSPS) is 12.8. The average molecular weight is 411 g/mol. The van der Waals surface area contributed by atoms with Crippen molar-refractivity contribution in [1.82, 2.24) is 39.0 Å². The van der Waals surface area contributed by atoms with Crippen LogP contribution < -0.4 is 16.8 Å². The fourth-order valence-electron chi connectivity index (χ4n) is 3.21. The topological polar surface area (TPSA) is 160 Å². The van der Waals surface area contributed by atoms with Crippen LogP contribution in [0.1, 0.15) is 32.9 Å². The number of hydrogen-bond donors (Lipinski definition) is 3. The summed E-state index contributed by atoms with van der Waals surface area (Å²) in [5.74, 6) is 1.08. The Morgan fingerprint density at radius 3 is 2.53 bits per heavy atom. The summed E-state index contributed by atoms with van der Waals surface area (Å²) in [6.45, 7) is 7.73. The molecule has 4 aromatic heterocycles. The van der Waals surface area contributed by atoms with E-state index in [1.54, 1.807) is 12.7 Å². The van der Waals surface area contributed by atoms with Crippen LogP contribution in [0.2, 0.25) is 0 Å². The summed E-state index contributed by atoms with van der Waals surface area (Å²) in [4.78, 5) is 25.5. The molecule has 0 aliphatic carbocycles. The number of imidazole rings is 2. The Hall–Kier alpha value is -3.54. The number of rotatable bonds is 8. The molecule has 0 saturated carbocycles. The molecule has 12 heteroatoms. The molecule has 4 aromatic rings. The van der Waals surface area contributed by atoms with Gasteiger partial charge in [0.05, 0.1) is 31.9 Å². The van der Waals surface area contributed by atoms with Gasteiger partial charge >= 0.3 is 0 Å². The van der Waals surface area contributed by atoms with Gasteiger partial charge in [-0.2, -0.15) is 9.97 Å². The number of nitrogens with two attached hydrogens (primary N) is 2. The lowest BCUT2D eigenvalue weighted by Crippen LogP contribution is -2.17. The summed E-state index contributed by atoms with van der Waals surface area (Å²) in [7, 11) is 0. The summed E-state index contributed by atoms with van der Waals surface area (Å²) in [6.07, 6.45) is 4.99. The number of nitrogens with zero attached hydrogens (tertiary/aromatic N) is 8. The molecule has 4 rings (SSSR count). The van der Waals surface area contributed by atoms with Crippen molar-refractivity contribution in [2.75, 3.05) is 36.5 Å². The smallest absolute Gasteiger partial charge is 0.224 e. The standard InChI is InChI=1S/C18H25N11O/c1-10(2)28-8-25-13-15(22-7-23-16(13)28)21-4-5-30-6-11(3)29-9-24-12-14(19)26-18(20)27-17(12)29/h7-11H,4-6H2,1-3H3,(H,21,22,23)(H4,19,20,26,27). The van der Waals surface area contributed by atoms with Gasteiger partial charge in [-0.25, -0.2) is 19.9 Å². The molecule has 4 heterocycles. The van der Waals surface area contributed by atoms with Crippen molar-refractivity contribution in [3.05, 3.63) is 19.0 Å². The van der Waals surface area contributed by atoms with Crippen LogP contribution in [-0.2, 0) is 4.74 Å². The van der Waals surface area contributed by atoms with E-state index in [1.165, 1.54) is 6.33 Å². The van der Waals surface area contributed by atoms with Crippen molar-refractivity contribution < 1.29 is 4.74 Å². The van der Waals surface area contributed by atoms with Crippen LogP contribution in [0, 0.1) is 0 Å². The zero-order valence-electron chi connectivity index (χ0n) is 17.1. The number of hydrogen-bond acceptors (Lipinski definition) is 10. The number of fused-ring (bicyclic) bond motifs is 2. The lowest BCUT2D eigenvalue weighted by atomic mass is 10.3. The van der Waals surface area contributed by atoms with Crippen LogP contribution in [0.4, 0.5) is 17.6 Å². The molecule has 0 aliphatic heterocycles. The van der Waals surface area contributed by atoms with Crippen LogP contribution in [0.3, 0.4) is 0 Å². The minimum absolute atomic E-state index is 0.00352. The zero-order chi connectivity index (χ0) is 21.3. The van der Waals surface area contributed by atoms with Crippen LogP contribution in [0.5, 0.6) is 0 Å². The molecule has 12 nitrogen and oxygen atoms in total. The second-order valence-electron chi connectivity index (χ2n) is 7.28. The van der Waals surface area contributed by atoms with E-state index in [1.807, 2.05) is 16.1 Å². The first-order valence-corrected chi connectivity index (χ1v) is 9.70. The third-order valence-electron chi connectivity index (χ3n) is 4.75. The molecule has 1 unspecified atom stereocenters. The lowest BCUT2D eigenvalue weighted by Gasteiger charge is -2.15. The van der Waals surface area contributed by atoms with E-state index in [2.05, 4.69) is 49.1 Å². The summed E-state index contributed by atoms with van der Waals surface area (Å²) >= 11 is 0. The molecule has 0 aromatic carbocycles. The maximum absolute atomic E-state index is 5.86. The summed E-state index contributed by atoms with van der Waals surface area (Å²) in [6, 6.07) is 0.272. The molecular weight excluding hydrogens is 386 g/mol. The predicted octanol–water partition coefficient (Wildman–Crippen LogP) is 1.40. The largest absolute Gasteiger partial charge is 0.382 e. The Labute approximate surface area is 172 Å². The quantitative estimate of drug-likeness (QED) is 0.361. The van der Waals surface area contributed by atoms with Gasteiger partial charge in [0, 0.05) is 12.6 Å². The molecule has 0 aliphatic rings. The van der Waals surface area contributed by atoms with Gasteiger partial charge in [-0.15, -0.1) is 0 Å². The second-order valence-corrected chi connectivity index (χ2v) is 7.28. The van der Waals surface area contributed by atoms with E-state index < -0.39 is 0 Å². The van der Waals surface area contributed by atoms with Crippen molar-refractivity contribution in [3.8, 4) is 0 Å². The highest BCUT2D eigenvalue weighted by atomic mass is 16.5. The summed E-state index contributed by atoms with van der Waals surface area (Å²) in [5, 5.41) is 3.27. The predicted molar refractivity (Wildman–Crippen MR) is 114 cm³/mol. The number of nitrogen functional groups attached to an aromatic ring is 2. The van der Waals surface area contributed by atoms with Crippen LogP contribution >= 0.6 is 0 Å². The summed E-state index contributed by atoms with van der Waals surface area (Å²) < 4.78 is 9.71. The fraction of sp³-hybridized carbons (Fsp3) is 0.444. The first kappa shape index (κ1) is 19.8. The summed E-state index contributed by atoms with van der Waals surface area (Å²) in [5.41, 5.74) is 14.3. The first-order chi connectivity index (χ1) is 14.5. The Balaban J connectivity index is 1.33. The number of nitrogens with one attached hydrogen (secondary N) is 1. The fourth-order valence-corrected chi connectivity index (χ4v) is 3.21. The Bertz CT molecular complexity index is 1170. The molecule has 0 radical (unpaired) electrons. The highest BCUT2D eigenvalue weighted by molar-refractivity contribution is 5.83. The highest BCUT2D eigenvalue weighted by Gasteiger charge is 2.15. The molecule has 0 fully saturated rings. The monoisotopic (exact) mass is 411 g/mol. The minimum atomic E-state index is -0.00352. The van der Waals surface area contributed by atoms with Gasteiger partial charge in [0.2, 0.25) is 5.95 Å². The number of aromatic nitrogens is 8. The van der Waals surface area contributed by atoms with E-state index in [9.17, 15) is 0 Å². The Morgan fingerprint density at radius 1 is 0.967 bits per heavy atom. The van der Waals surface area contributed by atoms with Crippen molar-refractivity contribution in [3.63, 3.8) is 0 Å². The minimum Gasteiger partial charge on any atom is -0.382 e. The Kier molecular flexibility index (Phi) is 5.31. The number of ether oxygens (including phenoxy) is 1. The van der Waals surface area contributed by atoms with E-state index in [0.29, 0.717) is 36.7 Å². The van der Waals surface area contributed by atoms with Crippen LogP contribution in [-0.4, -0.2) is 58.8 Å². The van der Waals surface area contributed by atoms with Gasteiger partial charge < -0.3 is 30.7 Å². The van der Waals surface area contributed by atoms with Gasteiger partial charge in [-0.3, -0.25) is 0 Å². The molecule has 158 valence electrons. The maximum Gasteiger partial charge on any atom is 0.224 e.